The van der Waals surface area contributed by atoms with Crippen molar-refractivity contribution >= 4 is 11.7 Å². The van der Waals surface area contributed by atoms with Crippen LogP contribution in [0.15, 0.2) is 6.07 Å². The highest BCUT2D eigenvalue weighted by Crippen LogP contribution is 2.19. The van der Waals surface area contributed by atoms with Crippen molar-refractivity contribution in [3.05, 3.63) is 23.0 Å². The summed E-state index contributed by atoms with van der Waals surface area (Å²) in [7, 11) is 0. The second-order valence-corrected chi connectivity index (χ2v) is 3.23. The van der Waals surface area contributed by atoms with Gasteiger partial charge >= 0.3 is 5.97 Å². The molecule has 0 atom stereocenters. The lowest BCUT2D eigenvalue weighted by atomic mass is 10.1. The Bertz CT molecular complexity index is 377. The van der Waals surface area contributed by atoms with E-state index in [-0.39, 0.29) is 12.2 Å². The van der Waals surface area contributed by atoms with Gasteiger partial charge in [0.05, 0.1) is 18.0 Å². The number of aliphatic hydroxyl groups is 1. The van der Waals surface area contributed by atoms with Crippen LogP contribution in [0.25, 0.3) is 0 Å². The zero-order valence-corrected chi connectivity index (χ0v) is 8.74. The van der Waals surface area contributed by atoms with Gasteiger partial charge < -0.3 is 15.5 Å². The average molecular weight is 210 g/mol. The van der Waals surface area contributed by atoms with Crippen molar-refractivity contribution in [1.29, 1.82) is 0 Å². The molecule has 0 aliphatic rings. The van der Waals surface area contributed by atoms with Gasteiger partial charge in [0.15, 0.2) is 0 Å². The van der Waals surface area contributed by atoms with Gasteiger partial charge in [-0.05, 0) is 19.9 Å². The third kappa shape index (κ3) is 2.66. The maximum Gasteiger partial charge on any atom is 0.339 e. The monoisotopic (exact) mass is 210 g/mol. The number of carboxylic acid groups (broad SMARTS) is 1. The Balaban J connectivity index is 3.14. The molecule has 3 N–H and O–H groups in total. The van der Waals surface area contributed by atoms with E-state index in [1.807, 2.05) is 0 Å². The number of nitrogens with one attached hydrogen (secondary N) is 1. The molecule has 1 rings (SSSR count). The summed E-state index contributed by atoms with van der Waals surface area (Å²) < 4.78 is 0. The van der Waals surface area contributed by atoms with E-state index in [0.717, 1.165) is 5.69 Å². The first kappa shape index (κ1) is 11.5. The summed E-state index contributed by atoms with van der Waals surface area (Å²) in [6.07, 6.45) is 0. The molecule has 0 radical (unpaired) electrons. The van der Waals surface area contributed by atoms with Crippen molar-refractivity contribution in [2.24, 2.45) is 0 Å². The number of nitrogens with zero attached hydrogens (tertiary/aromatic N) is 1. The SMILES string of the molecule is Cc1cc(NCCO)c(C(=O)O)c(C)n1. The van der Waals surface area contributed by atoms with E-state index in [0.29, 0.717) is 17.9 Å². The van der Waals surface area contributed by atoms with Crippen LogP contribution in [0.1, 0.15) is 21.7 Å². The molecule has 5 heteroatoms. The lowest BCUT2D eigenvalue weighted by Gasteiger charge is -2.11. The van der Waals surface area contributed by atoms with Gasteiger partial charge in [-0.2, -0.15) is 0 Å². The number of aromatic nitrogens is 1. The largest absolute Gasteiger partial charge is 0.478 e. The molecule has 0 bridgehead atoms. The van der Waals surface area contributed by atoms with Gasteiger partial charge in [0.2, 0.25) is 0 Å². The summed E-state index contributed by atoms with van der Waals surface area (Å²) in [4.78, 5) is 15.1. The lowest BCUT2D eigenvalue weighted by molar-refractivity contribution is 0.0696. The highest BCUT2D eigenvalue weighted by molar-refractivity contribution is 5.95. The molecule has 5 nitrogen and oxygen atoms in total. The number of aliphatic hydroxyl groups excluding tert-OH is 1. The van der Waals surface area contributed by atoms with Crippen LogP contribution in [-0.4, -0.2) is 34.3 Å². The zero-order valence-electron chi connectivity index (χ0n) is 8.74. The number of carboxylic acids is 1. The number of aryl methyl sites for hydroxylation is 2. The molecule has 82 valence electrons. The van der Waals surface area contributed by atoms with Crippen LogP contribution < -0.4 is 5.32 Å². The maximum absolute atomic E-state index is 11.0. The van der Waals surface area contributed by atoms with Crippen LogP contribution in [0.4, 0.5) is 5.69 Å². The van der Waals surface area contributed by atoms with E-state index in [1.165, 1.54) is 0 Å². The molecule has 0 spiro atoms. The molecular weight excluding hydrogens is 196 g/mol. The summed E-state index contributed by atoms with van der Waals surface area (Å²) in [5.74, 6) is -1.01. The minimum absolute atomic E-state index is 0.0422. The topological polar surface area (TPSA) is 82.5 Å². The maximum atomic E-state index is 11.0. The Morgan fingerprint density at radius 2 is 2.20 bits per heavy atom. The standard InChI is InChI=1S/C10H14N2O3/c1-6-5-8(11-3-4-13)9(10(14)15)7(2)12-6/h5,13H,3-4H2,1-2H3,(H,11,12)(H,14,15). The number of hydrogen-bond acceptors (Lipinski definition) is 4. The van der Waals surface area contributed by atoms with Crippen LogP contribution >= 0.6 is 0 Å². The first-order chi connectivity index (χ1) is 7.06. The minimum atomic E-state index is -1.01. The Morgan fingerprint density at radius 1 is 1.53 bits per heavy atom. The van der Waals surface area contributed by atoms with E-state index in [9.17, 15) is 4.79 Å². The summed E-state index contributed by atoms with van der Waals surface area (Å²) in [6.45, 7) is 3.73. The highest BCUT2D eigenvalue weighted by Gasteiger charge is 2.14. The number of rotatable bonds is 4. The first-order valence-corrected chi connectivity index (χ1v) is 4.62. The fourth-order valence-corrected chi connectivity index (χ4v) is 1.43. The zero-order chi connectivity index (χ0) is 11.4. The Hall–Kier alpha value is -1.62. The molecule has 1 aromatic heterocycles. The molecule has 0 aliphatic carbocycles. The molecule has 0 aromatic carbocycles. The van der Waals surface area contributed by atoms with Crippen LogP contribution in [-0.2, 0) is 0 Å². The normalized spacial score (nSPS) is 10.1. The van der Waals surface area contributed by atoms with E-state index in [4.69, 9.17) is 10.2 Å². The van der Waals surface area contributed by atoms with Crippen molar-refractivity contribution in [1.82, 2.24) is 4.98 Å². The van der Waals surface area contributed by atoms with Gasteiger partial charge in [0.25, 0.3) is 0 Å². The molecular formula is C10H14N2O3. The third-order valence-electron chi connectivity index (χ3n) is 1.97. The van der Waals surface area contributed by atoms with Gasteiger partial charge in [0, 0.05) is 12.2 Å². The molecule has 0 saturated carbocycles. The summed E-state index contributed by atoms with van der Waals surface area (Å²) in [6, 6.07) is 1.66. The molecule has 1 heterocycles. The summed E-state index contributed by atoms with van der Waals surface area (Å²) in [5.41, 5.74) is 1.89. The Kier molecular flexibility index (Phi) is 3.62. The van der Waals surface area contributed by atoms with Gasteiger partial charge in [-0.25, -0.2) is 4.79 Å². The first-order valence-electron chi connectivity index (χ1n) is 4.62. The van der Waals surface area contributed by atoms with Crippen molar-refractivity contribution in [2.75, 3.05) is 18.5 Å². The summed E-state index contributed by atoms with van der Waals surface area (Å²) in [5, 5.41) is 20.5. The number of aromatic carboxylic acids is 1. The van der Waals surface area contributed by atoms with Gasteiger partial charge in [-0.15, -0.1) is 0 Å². The summed E-state index contributed by atoms with van der Waals surface area (Å²) >= 11 is 0. The van der Waals surface area contributed by atoms with Gasteiger partial charge in [0.1, 0.15) is 5.56 Å². The highest BCUT2D eigenvalue weighted by atomic mass is 16.4. The smallest absolute Gasteiger partial charge is 0.339 e. The second-order valence-electron chi connectivity index (χ2n) is 3.23. The van der Waals surface area contributed by atoms with E-state index >= 15 is 0 Å². The van der Waals surface area contributed by atoms with Crippen LogP contribution in [0.2, 0.25) is 0 Å². The number of anilines is 1. The lowest BCUT2D eigenvalue weighted by Crippen LogP contribution is -2.12. The molecule has 0 aliphatic heterocycles. The van der Waals surface area contributed by atoms with Gasteiger partial charge in [-0.1, -0.05) is 0 Å². The van der Waals surface area contributed by atoms with Crippen LogP contribution in [0.5, 0.6) is 0 Å². The predicted molar refractivity (Wildman–Crippen MR) is 56.2 cm³/mol. The van der Waals surface area contributed by atoms with Crippen LogP contribution in [0, 0.1) is 13.8 Å². The van der Waals surface area contributed by atoms with Crippen LogP contribution in [0.3, 0.4) is 0 Å². The average Bonchev–Trinajstić information content (AvgIpc) is 2.12. The molecule has 1 aromatic rings. The molecule has 0 amide bonds. The number of hydrogen-bond donors (Lipinski definition) is 3. The Morgan fingerprint density at radius 3 is 2.73 bits per heavy atom. The fraction of sp³-hybridized carbons (Fsp3) is 0.400. The predicted octanol–water partition coefficient (Wildman–Crippen LogP) is 0.801. The molecule has 15 heavy (non-hydrogen) atoms. The molecule has 0 fully saturated rings. The molecule has 0 saturated heterocycles. The van der Waals surface area contributed by atoms with E-state index in [1.54, 1.807) is 19.9 Å². The Labute approximate surface area is 87.8 Å². The van der Waals surface area contributed by atoms with Crippen molar-refractivity contribution in [2.45, 2.75) is 13.8 Å². The molecule has 0 unspecified atom stereocenters. The number of pyridine rings is 1. The van der Waals surface area contributed by atoms with Crippen molar-refractivity contribution in [3.8, 4) is 0 Å². The minimum Gasteiger partial charge on any atom is -0.478 e. The second kappa shape index (κ2) is 4.75. The third-order valence-corrected chi connectivity index (χ3v) is 1.97. The van der Waals surface area contributed by atoms with E-state index in [2.05, 4.69) is 10.3 Å². The fourth-order valence-electron chi connectivity index (χ4n) is 1.43. The number of carbonyl (C=O) groups is 1. The van der Waals surface area contributed by atoms with E-state index < -0.39 is 5.97 Å². The van der Waals surface area contributed by atoms with Gasteiger partial charge in [-0.3, -0.25) is 4.98 Å². The quantitative estimate of drug-likeness (QED) is 0.684. The van der Waals surface area contributed by atoms with Crippen molar-refractivity contribution in [3.63, 3.8) is 0 Å². The van der Waals surface area contributed by atoms with Crippen molar-refractivity contribution < 1.29 is 15.0 Å².